The summed E-state index contributed by atoms with van der Waals surface area (Å²) >= 11 is 0. The quantitative estimate of drug-likeness (QED) is 0.726. The molecule has 0 saturated heterocycles. The number of unbranched alkanes of at least 4 members (excludes halogenated alkanes) is 1. The van der Waals surface area contributed by atoms with Crippen molar-refractivity contribution < 1.29 is 5.11 Å². The van der Waals surface area contributed by atoms with E-state index < -0.39 is 19.4 Å². The number of nitriles is 1. The first-order chi connectivity index (χ1) is 7.24. The van der Waals surface area contributed by atoms with Gasteiger partial charge >= 0.3 is 0 Å². The van der Waals surface area contributed by atoms with E-state index in [4.69, 9.17) is 0 Å². The van der Waals surface area contributed by atoms with Crippen LogP contribution >= 0.6 is 0 Å². The van der Waals surface area contributed by atoms with E-state index in [1.165, 1.54) is 0 Å². The highest BCUT2D eigenvalue weighted by molar-refractivity contribution is 6.59. The predicted molar refractivity (Wildman–Crippen MR) is 71.9 cm³/mol. The lowest BCUT2D eigenvalue weighted by Crippen LogP contribution is -2.58. The monoisotopic (exact) mass is 241 g/mol. The molecule has 0 heterocycles. The molecule has 0 spiro atoms. The molecule has 0 aromatic carbocycles. The molecular formula is C13H27NOSi. The fourth-order valence-electron chi connectivity index (χ4n) is 2.73. The summed E-state index contributed by atoms with van der Waals surface area (Å²) in [5.41, 5.74) is -0.638. The van der Waals surface area contributed by atoms with E-state index in [1.807, 2.05) is 13.8 Å². The van der Waals surface area contributed by atoms with Gasteiger partial charge in [-0.3, -0.25) is 0 Å². The van der Waals surface area contributed by atoms with Gasteiger partial charge in [0.05, 0.1) is 25.5 Å². The van der Waals surface area contributed by atoms with Crippen LogP contribution in [0.3, 0.4) is 0 Å². The highest BCUT2D eigenvalue weighted by atomic mass is 28.3. The molecule has 0 bridgehead atoms. The molecule has 0 radical (unpaired) electrons. The zero-order valence-electron chi connectivity index (χ0n) is 11.7. The summed E-state index contributed by atoms with van der Waals surface area (Å²) in [5.74, 6) is 0.216. The van der Waals surface area contributed by atoms with Crippen molar-refractivity contribution in [2.45, 2.75) is 65.3 Å². The van der Waals surface area contributed by atoms with E-state index in [1.54, 1.807) is 0 Å². The van der Waals surface area contributed by atoms with E-state index in [9.17, 15) is 10.4 Å². The zero-order valence-corrected chi connectivity index (χ0v) is 12.8. The van der Waals surface area contributed by atoms with Crippen LogP contribution in [0.15, 0.2) is 0 Å². The van der Waals surface area contributed by atoms with Crippen LogP contribution in [0.5, 0.6) is 0 Å². The van der Waals surface area contributed by atoms with E-state index >= 15 is 0 Å². The number of aliphatic hydroxyl groups is 1. The van der Waals surface area contributed by atoms with Crippen molar-refractivity contribution in [2.24, 2.45) is 11.3 Å². The van der Waals surface area contributed by atoms with Crippen molar-refractivity contribution in [2.75, 3.05) is 0 Å². The summed E-state index contributed by atoms with van der Waals surface area (Å²) in [7, 11) is -1.31. The summed E-state index contributed by atoms with van der Waals surface area (Å²) in [5, 5.41) is 19.4. The van der Waals surface area contributed by atoms with Crippen LogP contribution in [0.25, 0.3) is 0 Å². The molecule has 0 saturated carbocycles. The maximum Gasteiger partial charge on any atom is 0.0773 e. The number of nitrogens with zero attached hydrogens (tertiary/aromatic N) is 1. The fourth-order valence-corrected chi connectivity index (χ4v) is 5.54. The van der Waals surface area contributed by atoms with Gasteiger partial charge < -0.3 is 5.11 Å². The van der Waals surface area contributed by atoms with Crippen LogP contribution in [0.1, 0.15) is 47.0 Å². The van der Waals surface area contributed by atoms with Gasteiger partial charge in [0.1, 0.15) is 0 Å². The van der Waals surface area contributed by atoms with Gasteiger partial charge in [0.2, 0.25) is 0 Å². The van der Waals surface area contributed by atoms with Gasteiger partial charge in [0.15, 0.2) is 0 Å². The average molecular weight is 241 g/mol. The summed E-state index contributed by atoms with van der Waals surface area (Å²) in [4.78, 5) is 0. The first-order valence-electron chi connectivity index (χ1n) is 6.37. The third kappa shape index (κ3) is 2.86. The second-order valence-corrected chi connectivity index (χ2v) is 8.95. The van der Waals surface area contributed by atoms with Gasteiger partial charge in [-0.05, 0) is 26.2 Å². The molecule has 16 heavy (non-hydrogen) atoms. The Morgan fingerprint density at radius 2 is 1.88 bits per heavy atom. The molecule has 0 amide bonds. The van der Waals surface area contributed by atoms with Crippen molar-refractivity contribution in [1.29, 1.82) is 5.26 Å². The Hall–Kier alpha value is -0.333. The third-order valence-electron chi connectivity index (χ3n) is 3.90. The van der Waals surface area contributed by atoms with Crippen molar-refractivity contribution in [3.63, 3.8) is 0 Å². The lowest BCUT2D eigenvalue weighted by atomic mass is 9.78. The number of hydrogen-bond acceptors (Lipinski definition) is 2. The van der Waals surface area contributed by atoms with Gasteiger partial charge in [-0.25, -0.2) is 0 Å². The van der Waals surface area contributed by atoms with Crippen LogP contribution in [-0.4, -0.2) is 19.1 Å². The molecule has 0 aliphatic heterocycles. The zero-order chi connectivity index (χ0) is 13.0. The van der Waals surface area contributed by atoms with Gasteiger partial charge in [0.25, 0.3) is 0 Å². The van der Waals surface area contributed by atoms with E-state index in [0.29, 0.717) is 0 Å². The van der Waals surface area contributed by atoms with Crippen molar-refractivity contribution >= 4 is 8.80 Å². The van der Waals surface area contributed by atoms with Crippen molar-refractivity contribution in [3.05, 3.63) is 0 Å². The molecule has 0 aromatic heterocycles. The second-order valence-electron chi connectivity index (χ2n) is 5.76. The summed E-state index contributed by atoms with van der Waals surface area (Å²) in [6, 6.07) is 2.31. The molecule has 1 N–H and O–H groups in total. The Morgan fingerprint density at radius 3 is 2.19 bits per heavy atom. The molecule has 3 heteroatoms. The number of hydrogen-bond donors (Lipinski definition) is 1. The second kappa shape index (κ2) is 5.84. The molecule has 0 aliphatic carbocycles. The fraction of sp³-hybridized carbons (Fsp3) is 0.923. The smallest absolute Gasteiger partial charge is 0.0773 e. The van der Waals surface area contributed by atoms with Gasteiger partial charge in [-0.2, -0.15) is 5.26 Å². The average Bonchev–Trinajstić information content (AvgIpc) is 2.23. The highest BCUT2D eigenvalue weighted by Crippen LogP contribution is 2.40. The first-order valence-corrected chi connectivity index (χ1v) is 9.26. The first kappa shape index (κ1) is 15.7. The largest absolute Gasteiger partial charge is 0.392 e. The summed E-state index contributed by atoms with van der Waals surface area (Å²) in [6.45, 7) is 12.3. The molecule has 2 nitrogen and oxygen atoms in total. The van der Waals surface area contributed by atoms with Crippen molar-refractivity contribution in [3.8, 4) is 6.07 Å². The SMILES string of the molecule is CCCCC(C)[C@](O)([SiH](C)C)C(C)(C)C#N. The van der Waals surface area contributed by atoms with E-state index in [2.05, 4.69) is 33.0 Å². The molecule has 0 aliphatic rings. The molecule has 0 fully saturated rings. The van der Waals surface area contributed by atoms with Crippen LogP contribution in [0.2, 0.25) is 13.1 Å². The predicted octanol–water partition coefficient (Wildman–Crippen LogP) is 3.12. The topological polar surface area (TPSA) is 44.0 Å². The number of rotatable bonds is 6. The standard InChI is InChI=1S/C13H27NOSi/c1-7-8-9-11(2)13(15,16(5)6)12(3,4)10-14/h11,15-16H,7-9H2,1-6H3/t11?,13-/m0/s1. The minimum absolute atomic E-state index is 0.216. The molecule has 0 aromatic rings. The molecule has 0 rings (SSSR count). The molecule has 1 unspecified atom stereocenters. The van der Waals surface area contributed by atoms with Gasteiger partial charge in [-0.15, -0.1) is 0 Å². The van der Waals surface area contributed by atoms with Gasteiger partial charge in [-0.1, -0.05) is 39.8 Å². The summed E-state index contributed by atoms with van der Waals surface area (Å²) in [6.07, 6.45) is 3.29. The van der Waals surface area contributed by atoms with Crippen LogP contribution in [0.4, 0.5) is 0 Å². The third-order valence-corrected chi connectivity index (χ3v) is 6.95. The normalized spacial score (nSPS) is 17.9. The Morgan fingerprint density at radius 1 is 1.38 bits per heavy atom. The molecule has 2 atom stereocenters. The Balaban J connectivity index is 5.05. The molecule has 94 valence electrons. The van der Waals surface area contributed by atoms with E-state index in [0.717, 1.165) is 19.3 Å². The lowest BCUT2D eigenvalue weighted by molar-refractivity contribution is -0.0164. The minimum Gasteiger partial charge on any atom is -0.392 e. The van der Waals surface area contributed by atoms with Crippen molar-refractivity contribution in [1.82, 2.24) is 0 Å². The van der Waals surface area contributed by atoms with Gasteiger partial charge in [0, 0.05) is 0 Å². The summed E-state index contributed by atoms with van der Waals surface area (Å²) < 4.78 is 0. The Bertz CT molecular complexity index is 257. The molecular weight excluding hydrogens is 214 g/mol. The maximum atomic E-state index is 11.0. The maximum absolute atomic E-state index is 11.0. The minimum atomic E-state index is -1.31. The lowest BCUT2D eigenvalue weighted by Gasteiger charge is -2.45. The van der Waals surface area contributed by atoms with Crippen LogP contribution in [0, 0.1) is 22.7 Å². The van der Waals surface area contributed by atoms with E-state index in [-0.39, 0.29) is 5.92 Å². The van der Waals surface area contributed by atoms with Crippen LogP contribution in [-0.2, 0) is 0 Å². The van der Waals surface area contributed by atoms with Crippen LogP contribution < -0.4 is 0 Å². The Kier molecular flexibility index (Phi) is 5.71. The highest BCUT2D eigenvalue weighted by Gasteiger charge is 2.50. The Labute approximate surface area is 102 Å².